The number of piperazine rings is 1. The van der Waals surface area contributed by atoms with Gasteiger partial charge in [-0.05, 0) is 18.7 Å². The molecule has 4 rings (SSSR count). The van der Waals surface area contributed by atoms with E-state index < -0.39 is 0 Å². The molecule has 2 aliphatic heterocycles. The number of aryl methyl sites for hydroxylation is 1. The normalized spacial score (nSPS) is 21.4. The molecule has 2 fully saturated rings. The summed E-state index contributed by atoms with van der Waals surface area (Å²) >= 11 is 0. The molecule has 156 valence electrons. The van der Waals surface area contributed by atoms with Crippen LogP contribution in [-0.2, 0) is 17.7 Å². The molecule has 3 heterocycles. The number of carbonyl (C=O) groups is 1. The Bertz CT molecular complexity index is 814. The van der Waals surface area contributed by atoms with Gasteiger partial charge < -0.3 is 19.0 Å². The van der Waals surface area contributed by atoms with Gasteiger partial charge in [-0.15, -0.1) is 0 Å². The Morgan fingerprint density at radius 2 is 1.86 bits per heavy atom. The van der Waals surface area contributed by atoms with Crippen LogP contribution in [0.2, 0.25) is 0 Å². The van der Waals surface area contributed by atoms with Gasteiger partial charge in [-0.3, -0.25) is 9.69 Å². The fraction of sp³-hybridized carbons (Fsp3) is 0.522. The zero-order chi connectivity index (χ0) is 20.2. The Balaban J connectivity index is 1.55. The summed E-state index contributed by atoms with van der Waals surface area (Å²) in [6, 6.07) is 12.3. The summed E-state index contributed by atoms with van der Waals surface area (Å²) in [5.74, 6) is 1.38. The van der Waals surface area contributed by atoms with E-state index in [0.717, 1.165) is 63.7 Å². The third kappa shape index (κ3) is 4.55. The first kappa shape index (κ1) is 20.1. The van der Waals surface area contributed by atoms with Crippen LogP contribution in [0.25, 0.3) is 0 Å². The average Bonchev–Trinajstić information content (AvgIpc) is 3.17. The van der Waals surface area contributed by atoms with E-state index in [1.54, 1.807) is 0 Å². The number of nitrogens with zero attached hydrogens (tertiary/aromatic N) is 3. The van der Waals surface area contributed by atoms with E-state index in [0.29, 0.717) is 12.3 Å². The number of ether oxygens (including phenoxy) is 1. The molecule has 1 aromatic heterocycles. The van der Waals surface area contributed by atoms with E-state index in [4.69, 9.17) is 9.15 Å². The quantitative estimate of drug-likeness (QED) is 0.777. The minimum Gasteiger partial charge on any atom is -0.456 e. The largest absolute Gasteiger partial charge is 0.456 e. The van der Waals surface area contributed by atoms with Gasteiger partial charge in [0.25, 0.3) is 5.91 Å². The van der Waals surface area contributed by atoms with Crippen molar-refractivity contribution in [3.05, 3.63) is 59.0 Å². The van der Waals surface area contributed by atoms with Gasteiger partial charge in [-0.1, -0.05) is 37.3 Å². The summed E-state index contributed by atoms with van der Waals surface area (Å²) < 4.78 is 11.5. The number of benzene rings is 1. The molecule has 6 heteroatoms. The standard InChI is InChI=1S/C23H31N3O3/c1-3-21-19(16-25-11-13-28-14-12-25)15-22(29-21)23(27)26-10-9-24(2)17-20(26)18-7-5-4-6-8-18/h4-8,15,20H,3,9-14,16-17H2,1-2H3/t20-/m0/s1. The molecule has 2 aromatic rings. The van der Waals surface area contributed by atoms with Crippen LogP contribution in [0.5, 0.6) is 0 Å². The van der Waals surface area contributed by atoms with Crippen LogP contribution in [-0.4, -0.2) is 73.6 Å². The lowest BCUT2D eigenvalue weighted by Crippen LogP contribution is -2.49. The van der Waals surface area contributed by atoms with Crippen LogP contribution >= 0.6 is 0 Å². The molecule has 0 spiro atoms. The SMILES string of the molecule is CCc1oc(C(=O)N2CCN(C)C[C@H]2c2ccccc2)cc1CN1CCOCC1. The van der Waals surface area contributed by atoms with Crippen molar-refractivity contribution in [2.75, 3.05) is 53.0 Å². The summed E-state index contributed by atoms with van der Waals surface area (Å²) in [6.07, 6.45) is 0.789. The second-order valence-corrected chi connectivity index (χ2v) is 7.99. The van der Waals surface area contributed by atoms with Crippen molar-refractivity contribution in [1.82, 2.24) is 14.7 Å². The molecule has 0 saturated carbocycles. The van der Waals surface area contributed by atoms with E-state index in [1.165, 1.54) is 5.56 Å². The molecule has 0 unspecified atom stereocenters. The number of likely N-dealkylation sites (N-methyl/N-ethyl adjacent to an activating group) is 1. The average molecular weight is 398 g/mol. The fourth-order valence-electron chi connectivity index (χ4n) is 4.27. The molecule has 0 bridgehead atoms. The van der Waals surface area contributed by atoms with Gasteiger partial charge in [0.1, 0.15) is 5.76 Å². The number of morpholine rings is 1. The Kier molecular flexibility index (Phi) is 6.33. The summed E-state index contributed by atoms with van der Waals surface area (Å²) in [5.41, 5.74) is 2.30. The van der Waals surface area contributed by atoms with Crippen LogP contribution in [0.3, 0.4) is 0 Å². The molecule has 2 saturated heterocycles. The molecule has 0 N–H and O–H groups in total. The Labute approximate surface area is 173 Å². The van der Waals surface area contributed by atoms with Gasteiger partial charge in [0, 0.05) is 51.3 Å². The highest BCUT2D eigenvalue weighted by molar-refractivity contribution is 5.92. The first-order valence-corrected chi connectivity index (χ1v) is 10.6. The predicted octanol–water partition coefficient (Wildman–Crippen LogP) is 2.80. The summed E-state index contributed by atoms with van der Waals surface area (Å²) in [4.78, 5) is 20.1. The maximum atomic E-state index is 13.4. The van der Waals surface area contributed by atoms with Crippen molar-refractivity contribution in [2.45, 2.75) is 25.9 Å². The molecular formula is C23H31N3O3. The van der Waals surface area contributed by atoms with E-state index >= 15 is 0 Å². The van der Waals surface area contributed by atoms with Gasteiger partial charge in [-0.2, -0.15) is 0 Å². The summed E-state index contributed by atoms with van der Waals surface area (Å²) in [7, 11) is 2.11. The summed E-state index contributed by atoms with van der Waals surface area (Å²) in [5, 5.41) is 0. The molecule has 0 radical (unpaired) electrons. The van der Waals surface area contributed by atoms with Crippen LogP contribution in [0, 0.1) is 0 Å². The lowest BCUT2D eigenvalue weighted by atomic mass is 10.0. The van der Waals surface area contributed by atoms with E-state index in [1.807, 2.05) is 29.2 Å². The lowest BCUT2D eigenvalue weighted by Gasteiger charge is -2.40. The number of carbonyl (C=O) groups excluding carboxylic acids is 1. The smallest absolute Gasteiger partial charge is 0.290 e. The molecule has 29 heavy (non-hydrogen) atoms. The first-order chi connectivity index (χ1) is 14.2. The molecule has 1 aromatic carbocycles. The summed E-state index contributed by atoms with van der Waals surface area (Å²) in [6.45, 7) is 8.69. The number of amides is 1. The minimum absolute atomic E-state index is 0.00474. The van der Waals surface area contributed by atoms with Crippen LogP contribution in [0.15, 0.2) is 40.8 Å². The van der Waals surface area contributed by atoms with Crippen molar-refractivity contribution < 1.29 is 13.9 Å². The van der Waals surface area contributed by atoms with Gasteiger partial charge in [0.15, 0.2) is 5.76 Å². The molecule has 2 aliphatic rings. The Morgan fingerprint density at radius 1 is 1.10 bits per heavy atom. The van der Waals surface area contributed by atoms with Crippen molar-refractivity contribution in [3.8, 4) is 0 Å². The molecule has 0 aliphatic carbocycles. The monoisotopic (exact) mass is 397 g/mol. The van der Waals surface area contributed by atoms with E-state index in [-0.39, 0.29) is 11.9 Å². The van der Waals surface area contributed by atoms with Crippen LogP contribution in [0.4, 0.5) is 0 Å². The number of hydrogen-bond donors (Lipinski definition) is 0. The van der Waals surface area contributed by atoms with E-state index in [2.05, 4.69) is 35.9 Å². The topological polar surface area (TPSA) is 49.2 Å². The Hall–Kier alpha value is -2.15. The highest BCUT2D eigenvalue weighted by atomic mass is 16.5. The first-order valence-electron chi connectivity index (χ1n) is 10.6. The highest BCUT2D eigenvalue weighted by Gasteiger charge is 2.33. The van der Waals surface area contributed by atoms with Gasteiger partial charge in [0.2, 0.25) is 0 Å². The van der Waals surface area contributed by atoms with Crippen molar-refractivity contribution in [1.29, 1.82) is 0 Å². The van der Waals surface area contributed by atoms with Crippen molar-refractivity contribution in [2.24, 2.45) is 0 Å². The highest BCUT2D eigenvalue weighted by Crippen LogP contribution is 2.28. The van der Waals surface area contributed by atoms with Crippen molar-refractivity contribution in [3.63, 3.8) is 0 Å². The number of furan rings is 1. The van der Waals surface area contributed by atoms with Crippen LogP contribution in [0.1, 0.15) is 40.4 Å². The number of hydrogen-bond acceptors (Lipinski definition) is 5. The Morgan fingerprint density at radius 3 is 2.59 bits per heavy atom. The molecular weight excluding hydrogens is 366 g/mol. The zero-order valence-electron chi connectivity index (χ0n) is 17.5. The second kappa shape index (κ2) is 9.11. The third-order valence-electron chi connectivity index (χ3n) is 5.95. The molecule has 6 nitrogen and oxygen atoms in total. The maximum absolute atomic E-state index is 13.4. The lowest BCUT2D eigenvalue weighted by molar-refractivity contribution is 0.0339. The van der Waals surface area contributed by atoms with Crippen molar-refractivity contribution >= 4 is 5.91 Å². The fourth-order valence-corrected chi connectivity index (χ4v) is 4.27. The molecule has 1 atom stereocenters. The van der Waals surface area contributed by atoms with Gasteiger partial charge in [0.05, 0.1) is 19.3 Å². The minimum atomic E-state index is -0.00474. The van der Waals surface area contributed by atoms with Gasteiger partial charge in [-0.25, -0.2) is 0 Å². The zero-order valence-corrected chi connectivity index (χ0v) is 17.5. The third-order valence-corrected chi connectivity index (χ3v) is 5.95. The predicted molar refractivity (Wildman–Crippen MR) is 112 cm³/mol. The molecule has 1 amide bonds. The van der Waals surface area contributed by atoms with E-state index in [9.17, 15) is 4.79 Å². The van der Waals surface area contributed by atoms with Gasteiger partial charge >= 0.3 is 0 Å². The second-order valence-electron chi connectivity index (χ2n) is 7.99. The van der Waals surface area contributed by atoms with Crippen LogP contribution < -0.4 is 0 Å². The maximum Gasteiger partial charge on any atom is 0.290 e. The number of rotatable bonds is 5.